The van der Waals surface area contributed by atoms with Crippen LogP contribution in [0.5, 0.6) is 0 Å². The van der Waals surface area contributed by atoms with Crippen LogP contribution in [0.2, 0.25) is 0 Å². The zero-order chi connectivity index (χ0) is 23.7. The number of rotatable bonds is 6. The minimum absolute atomic E-state index is 0.0279. The van der Waals surface area contributed by atoms with Crippen molar-refractivity contribution < 1.29 is 18.2 Å². The molecule has 2 aromatic carbocycles. The smallest absolute Gasteiger partial charge is 0.219 e. The molecule has 0 radical (unpaired) electrons. The molecule has 6 nitrogen and oxygen atoms in total. The van der Waals surface area contributed by atoms with E-state index in [2.05, 4.69) is 47.2 Å². The Kier molecular flexibility index (Phi) is 10.5. The molecule has 3 rings (SSSR count). The Labute approximate surface area is 199 Å². The van der Waals surface area contributed by atoms with Gasteiger partial charge in [0.1, 0.15) is 16.8 Å². The van der Waals surface area contributed by atoms with Crippen molar-refractivity contribution in [1.82, 2.24) is 14.5 Å². The van der Waals surface area contributed by atoms with Crippen LogP contribution in [-0.4, -0.2) is 51.9 Å². The summed E-state index contributed by atoms with van der Waals surface area (Å²) in [6.07, 6.45) is 0.719. The molecular formula is C23H29BrFN3O3S. The largest absolute Gasteiger partial charge is 0.355 e. The van der Waals surface area contributed by atoms with Crippen LogP contribution >= 0.6 is 15.9 Å². The van der Waals surface area contributed by atoms with Crippen molar-refractivity contribution in [3.8, 4) is 0 Å². The first kappa shape index (κ1) is 26.2. The molecule has 9 heteroatoms. The fraction of sp³-hybridized carbons (Fsp3) is 0.391. The summed E-state index contributed by atoms with van der Waals surface area (Å²) in [6, 6.07) is 12.8. The molecule has 1 heterocycles. The average Bonchev–Trinajstić information content (AvgIpc) is 2.79. The van der Waals surface area contributed by atoms with E-state index in [1.807, 2.05) is 12.1 Å². The third-order valence-corrected chi connectivity index (χ3v) is 7.18. The normalized spacial score (nSPS) is 15.0. The van der Waals surface area contributed by atoms with Gasteiger partial charge < -0.3 is 10.2 Å². The predicted octanol–water partition coefficient (Wildman–Crippen LogP) is 3.83. The first-order chi connectivity index (χ1) is 15.2. The summed E-state index contributed by atoms with van der Waals surface area (Å²) in [7, 11) is -1.38. The Hall–Kier alpha value is -2.10. The van der Waals surface area contributed by atoms with Gasteiger partial charge in [-0.2, -0.15) is 0 Å². The Morgan fingerprint density at radius 2 is 1.78 bits per heavy atom. The number of amides is 2. The maximum Gasteiger partial charge on any atom is 0.219 e. The van der Waals surface area contributed by atoms with Crippen LogP contribution in [0, 0.1) is 5.82 Å². The van der Waals surface area contributed by atoms with E-state index in [1.54, 1.807) is 21.3 Å². The van der Waals surface area contributed by atoms with Crippen LogP contribution in [0.1, 0.15) is 37.8 Å². The highest BCUT2D eigenvalue weighted by molar-refractivity contribution is 9.10. The molecule has 2 amide bonds. The first-order valence-electron chi connectivity index (χ1n) is 10.4. The summed E-state index contributed by atoms with van der Waals surface area (Å²) in [5, 5.41) is 2.63. The molecule has 0 saturated carbocycles. The molecule has 1 unspecified atom stereocenters. The first-order valence-corrected chi connectivity index (χ1v) is 12.3. The lowest BCUT2D eigenvalue weighted by atomic mass is 10.0. The van der Waals surface area contributed by atoms with Crippen molar-refractivity contribution in [1.29, 1.82) is 0 Å². The SMILES string of the molecule is CC(=O)N1CCN(S(=O)c2ccc(Br)c(F)c2)CC1.CC(C)c1ccc(CNC=O)cc1. The number of piperazine rings is 1. The van der Waals surface area contributed by atoms with Crippen LogP contribution in [0.25, 0.3) is 0 Å². The van der Waals surface area contributed by atoms with Gasteiger partial charge in [0, 0.05) is 39.6 Å². The fourth-order valence-electron chi connectivity index (χ4n) is 3.08. The molecule has 0 aromatic heterocycles. The monoisotopic (exact) mass is 525 g/mol. The summed E-state index contributed by atoms with van der Waals surface area (Å²) >= 11 is 3.07. The van der Waals surface area contributed by atoms with Gasteiger partial charge in [-0.3, -0.25) is 9.59 Å². The quantitative estimate of drug-likeness (QED) is 0.582. The molecule has 1 N–H and O–H groups in total. The lowest BCUT2D eigenvalue weighted by molar-refractivity contribution is -0.129. The van der Waals surface area contributed by atoms with Gasteiger partial charge in [0.15, 0.2) is 0 Å². The molecule has 0 spiro atoms. The summed E-state index contributed by atoms with van der Waals surface area (Å²) in [6.45, 7) is 8.64. The van der Waals surface area contributed by atoms with E-state index < -0.39 is 16.8 Å². The van der Waals surface area contributed by atoms with Gasteiger partial charge in [-0.05, 0) is 51.2 Å². The van der Waals surface area contributed by atoms with E-state index >= 15 is 0 Å². The van der Waals surface area contributed by atoms with Crippen molar-refractivity contribution in [3.05, 3.63) is 63.9 Å². The summed E-state index contributed by atoms with van der Waals surface area (Å²) in [5.41, 5.74) is 2.46. The average molecular weight is 526 g/mol. The van der Waals surface area contributed by atoms with Crippen LogP contribution in [0.4, 0.5) is 4.39 Å². The predicted molar refractivity (Wildman–Crippen MR) is 128 cm³/mol. The molecule has 1 fully saturated rings. The van der Waals surface area contributed by atoms with E-state index in [0.29, 0.717) is 48.0 Å². The van der Waals surface area contributed by atoms with Crippen molar-refractivity contribution in [2.45, 2.75) is 38.1 Å². The lowest BCUT2D eigenvalue weighted by Gasteiger charge is -2.33. The van der Waals surface area contributed by atoms with Crippen molar-refractivity contribution in [2.75, 3.05) is 26.2 Å². The van der Waals surface area contributed by atoms with E-state index in [1.165, 1.54) is 18.6 Å². The van der Waals surface area contributed by atoms with E-state index in [9.17, 15) is 18.2 Å². The second-order valence-electron chi connectivity index (χ2n) is 7.66. The summed E-state index contributed by atoms with van der Waals surface area (Å²) < 4.78 is 27.8. The topological polar surface area (TPSA) is 69.7 Å². The maximum absolute atomic E-state index is 13.4. The van der Waals surface area contributed by atoms with Gasteiger partial charge in [0.05, 0.1) is 9.37 Å². The Bertz CT molecular complexity index is 933. The number of nitrogens with zero attached hydrogens (tertiary/aromatic N) is 2. The molecule has 1 atom stereocenters. The number of carbonyl (C=O) groups excluding carboxylic acids is 2. The van der Waals surface area contributed by atoms with E-state index in [4.69, 9.17) is 0 Å². The van der Waals surface area contributed by atoms with Crippen LogP contribution in [-0.2, 0) is 27.1 Å². The molecule has 1 aliphatic heterocycles. The number of halogens is 2. The number of hydrogen-bond donors (Lipinski definition) is 1. The molecule has 32 heavy (non-hydrogen) atoms. The highest BCUT2D eigenvalue weighted by Gasteiger charge is 2.23. The Morgan fingerprint density at radius 1 is 1.16 bits per heavy atom. The summed E-state index contributed by atoms with van der Waals surface area (Å²) in [5.74, 6) is 0.168. The third-order valence-electron chi connectivity index (χ3n) is 5.05. The Morgan fingerprint density at radius 3 is 2.28 bits per heavy atom. The van der Waals surface area contributed by atoms with Gasteiger partial charge >= 0.3 is 0 Å². The number of carbonyl (C=O) groups is 2. The van der Waals surface area contributed by atoms with Crippen molar-refractivity contribution in [2.24, 2.45) is 0 Å². The zero-order valence-electron chi connectivity index (χ0n) is 18.5. The highest BCUT2D eigenvalue weighted by Crippen LogP contribution is 2.20. The molecular weight excluding hydrogens is 497 g/mol. The van der Waals surface area contributed by atoms with Gasteiger partial charge in [0.25, 0.3) is 0 Å². The van der Waals surface area contributed by atoms with Crippen LogP contribution in [0.15, 0.2) is 51.8 Å². The van der Waals surface area contributed by atoms with Gasteiger partial charge in [-0.25, -0.2) is 12.9 Å². The minimum atomic E-state index is -1.38. The molecule has 2 aromatic rings. The van der Waals surface area contributed by atoms with E-state index in [-0.39, 0.29) is 5.91 Å². The maximum atomic E-state index is 13.4. The number of hydrogen-bond acceptors (Lipinski definition) is 3. The second kappa shape index (κ2) is 12.8. The molecule has 0 bridgehead atoms. The van der Waals surface area contributed by atoms with Gasteiger partial charge in [-0.15, -0.1) is 0 Å². The Balaban J connectivity index is 0.000000244. The second-order valence-corrected chi connectivity index (χ2v) is 10.00. The zero-order valence-corrected chi connectivity index (χ0v) is 20.9. The highest BCUT2D eigenvalue weighted by atomic mass is 79.9. The van der Waals surface area contributed by atoms with Crippen LogP contribution < -0.4 is 5.32 Å². The molecule has 0 aliphatic carbocycles. The molecule has 174 valence electrons. The minimum Gasteiger partial charge on any atom is -0.355 e. The molecule has 1 aliphatic rings. The standard InChI is InChI=1S/C12H14BrFN2O2S.C11H15NO/c1-9(17)15-4-6-16(7-5-15)19(18)10-2-3-11(13)12(14)8-10;1-9(2)11-5-3-10(4-6-11)7-12-8-13/h2-3,8H,4-7H2,1H3;3-6,8-9H,7H2,1-2H3,(H,12,13). The van der Waals surface area contributed by atoms with Crippen molar-refractivity contribution >= 4 is 39.2 Å². The van der Waals surface area contributed by atoms with E-state index in [0.717, 1.165) is 12.0 Å². The van der Waals surface area contributed by atoms with Gasteiger partial charge in [-0.1, -0.05) is 38.1 Å². The molecule has 1 saturated heterocycles. The number of benzene rings is 2. The lowest BCUT2D eigenvalue weighted by Crippen LogP contribution is -2.48. The summed E-state index contributed by atoms with van der Waals surface area (Å²) in [4.78, 5) is 23.4. The number of nitrogens with one attached hydrogen (secondary N) is 1. The van der Waals surface area contributed by atoms with Gasteiger partial charge in [0.2, 0.25) is 12.3 Å². The van der Waals surface area contributed by atoms with Crippen molar-refractivity contribution in [3.63, 3.8) is 0 Å². The van der Waals surface area contributed by atoms with Crippen LogP contribution in [0.3, 0.4) is 0 Å². The fourth-order valence-corrected chi connectivity index (χ4v) is 4.51. The third kappa shape index (κ3) is 7.79.